The first-order valence-corrected chi connectivity index (χ1v) is 10.1. The Bertz CT molecular complexity index is 846. The molecule has 0 radical (unpaired) electrons. The predicted molar refractivity (Wildman–Crippen MR) is 112 cm³/mol. The molecule has 2 heterocycles. The fraction of sp³-hybridized carbons (Fsp3) is 0.455. The predicted octanol–water partition coefficient (Wildman–Crippen LogP) is 3.64. The summed E-state index contributed by atoms with van der Waals surface area (Å²) >= 11 is 0. The molecule has 1 aliphatic rings. The van der Waals surface area contributed by atoms with Crippen molar-refractivity contribution < 1.29 is 22.6 Å². The molecule has 31 heavy (non-hydrogen) atoms. The smallest absolute Gasteiger partial charge is 0.422 e. The fourth-order valence-corrected chi connectivity index (χ4v) is 3.39. The fourth-order valence-electron chi connectivity index (χ4n) is 3.39. The molecule has 6 nitrogen and oxygen atoms in total. The minimum absolute atomic E-state index is 0.0524. The quantitative estimate of drug-likeness (QED) is 0.506. The number of pyridine rings is 1. The molecule has 168 valence electrons. The second kappa shape index (κ2) is 11.0. The van der Waals surface area contributed by atoms with E-state index in [-0.39, 0.29) is 5.88 Å². The van der Waals surface area contributed by atoms with Crippen molar-refractivity contribution in [2.45, 2.75) is 25.7 Å². The van der Waals surface area contributed by atoms with Crippen molar-refractivity contribution >= 4 is 5.96 Å². The third-order valence-electron chi connectivity index (χ3n) is 4.90. The molecule has 0 amide bonds. The van der Waals surface area contributed by atoms with E-state index in [1.165, 1.54) is 12.3 Å². The van der Waals surface area contributed by atoms with Crippen molar-refractivity contribution in [2.75, 3.05) is 33.4 Å². The minimum atomic E-state index is -4.39. The first kappa shape index (κ1) is 22.9. The van der Waals surface area contributed by atoms with E-state index in [0.29, 0.717) is 25.7 Å². The molecule has 2 aromatic rings. The van der Waals surface area contributed by atoms with Gasteiger partial charge in [-0.2, -0.15) is 13.2 Å². The average molecular weight is 436 g/mol. The van der Waals surface area contributed by atoms with Gasteiger partial charge in [-0.1, -0.05) is 30.3 Å². The van der Waals surface area contributed by atoms with Gasteiger partial charge in [-0.05, 0) is 23.6 Å². The zero-order valence-electron chi connectivity index (χ0n) is 17.4. The molecule has 1 aromatic heterocycles. The summed E-state index contributed by atoms with van der Waals surface area (Å²) in [6, 6.07) is 13.3. The van der Waals surface area contributed by atoms with Crippen LogP contribution in [0.1, 0.15) is 17.5 Å². The zero-order valence-corrected chi connectivity index (χ0v) is 17.4. The molecular weight excluding hydrogens is 409 g/mol. The molecule has 1 saturated heterocycles. The molecule has 0 saturated carbocycles. The lowest BCUT2D eigenvalue weighted by Gasteiger charge is -2.22. The summed E-state index contributed by atoms with van der Waals surface area (Å²) in [7, 11) is 1.71. The number of nitrogens with zero attached hydrogens (tertiary/aromatic N) is 3. The van der Waals surface area contributed by atoms with Gasteiger partial charge in [0, 0.05) is 44.9 Å². The first-order valence-electron chi connectivity index (χ1n) is 10.1. The second-order valence-corrected chi connectivity index (χ2v) is 7.41. The molecule has 3 rings (SSSR count). The summed E-state index contributed by atoms with van der Waals surface area (Å²) in [5.74, 6) is 1.12. The summed E-state index contributed by atoms with van der Waals surface area (Å²) < 4.78 is 47.5. The van der Waals surface area contributed by atoms with Gasteiger partial charge in [0.15, 0.2) is 12.6 Å². The van der Waals surface area contributed by atoms with Gasteiger partial charge < -0.3 is 19.7 Å². The number of likely N-dealkylation sites (tertiary alicyclic amines) is 1. The van der Waals surface area contributed by atoms with Crippen molar-refractivity contribution in [1.82, 2.24) is 15.2 Å². The summed E-state index contributed by atoms with van der Waals surface area (Å²) in [4.78, 5) is 10.3. The van der Waals surface area contributed by atoms with Crippen molar-refractivity contribution in [1.29, 1.82) is 0 Å². The number of rotatable bonds is 8. The van der Waals surface area contributed by atoms with E-state index in [4.69, 9.17) is 9.47 Å². The minimum Gasteiger partial charge on any atom is -0.468 e. The SMILES string of the molecule is CN=C(NCc1ccnc(OCC(F)(F)F)c1)N1CCC(COCc2ccccc2)C1. The van der Waals surface area contributed by atoms with Crippen LogP contribution in [0.15, 0.2) is 53.7 Å². The van der Waals surface area contributed by atoms with Gasteiger partial charge in [-0.25, -0.2) is 4.98 Å². The Labute approximate surface area is 180 Å². The molecule has 1 aromatic carbocycles. The number of alkyl halides is 3. The van der Waals surface area contributed by atoms with Crippen LogP contribution in [0.3, 0.4) is 0 Å². The van der Waals surface area contributed by atoms with Gasteiger partial charge in [-0.15, -0.1) is 0 Å². The highest BCUT2D eigenvalue weighted by Crippen LogP contribution is 2.19. The summed E-state index contributed by atoms with van der Waals surface area (Å²) in [5, 5.41) is 3.26. The third-order valence-corrected chi connectivity index (χ3v) is 4.90. The zero-order chi connectivity index (χ0) is 22.1. The Hall–Kier alpha value is -2.81. The Balaban J connectivity index is 1.43. The van der Waals surface area contributed by atoms with E-state index in [0.717, 1.165) is 36.6 Å². The molecular formula is C22H27F3N4O2. The topological polar surface area (TPSA) is 59.0 Å². The maximum Gasteiger partial charge on any atom is 0.422 e. The maximum atomic E-state index is 12.3. The number of aromatic nitrogens is 1. The van der Waals surface area contributed by atoms with Gasteiger partial charge in [0.05, 0.1) is 13.2 Å². The van der Waals surface area contributed by atoms with Crippen LogP contribution in [0, 0.1) is 5.92 Å². The molecule has 0 bridgehead atoms. The molecule has 9 heteroatoms. The lowest BCUT2D eigenvalue weighted by atomic mass is 10.1. The van der Waals surface area contributed by atoms with Crippen LogP contribution in [0.25, 0.3) is 0 Å². The monoisotopic (exact) mass is 436 g/mol. The van der Waals surface area contributed by atoms with Crippen LogP contribution in [-0.4, -0.2) is 55.4 Å². The van der Waals surface area contributed by atoms with E-state index in [9.17, 15) is 13.2 Å². The van der Waals surface area contributed by atoms with E-state index >= 15 is 0 Å². The Morgan fingerprint density at radius 1 is 1.23 bits per heavy atom. The number of hydrogen-bond donors (Lipinski definition) is 1. The van der Waals surface area contributed by atoms with Crippen LogP contribution < -0.4 is 10.1 Å². The lowest BCUT2D eigenvalue weighted by molar-refractivity contribution is -0.154. The maximum absolute atomic E-state index is 12.3. The van der Waals surface area contributed by atoms with Gasteiger partial charge in [0.1, 0.15) is 0 Å². The van der Waals surface area contributed by atoms with Crippen LogP contribution >= 0.6 is 0 Å². The second-order valence-electron chi connectivity index (χ2n) is 7.41. The van der Waals surface area contributed by atoms with E-state index in [1.807, 2.05) is 30.3 Å². The Kier molecular flexibility index (Phi) is 8.11. The highest BCUT2D eigenvalue weighted by atomic mass is 19.4. The van der Waals surface area contributed by atoms with Gasteiger partial charge >= 0.3 is 6.18 Å². The number of aliphatic imine (C=N–C) groups is 1. The molecule has 0 spiro atoms. The highest BCUT2D eigenvalue weighted by molar-refractivity contribution is 5.80. The summed E-state index contributed by atoms with van der Waals surface area (Å²) in [5.41, 5.74) is 1.92. The standard InChI is InChI=1S/C22H27F3N4O2/c1-26-21(28-12-18-7-9-27-20(11-18)31-16-22(23,24)25)29-10-8-19(13-29)15-30-14-17-5-3-2-4-6-17/h2-7,9,11,19H,8,10,12-16H2,1H3,(H,26,28). The van der Waals surface area contributed by atoms with Gasteiger partial charge in [0.25, 0.3) is 0 Å². The van der Waals surface area contributed by atoms with Crippen molar-refractivity contribution in [3.63, 3.8) is 0 Å². The number of ether oxygens (including phenoxy) is 2. The van der Waals surface area contributed by atoms with Crippen LogP contribution in [-0.2, 0) is 17.9 Å². The molecule has 1 fully saturated rings. The van der Waals surface area contributed by atoms with Crippen molar-refractivity contribution in [3.05, 3.63) is 59.8 Å². The summed E-state index contributed by atoms with van der Waals surface area (Å²) in [6.07, 6.45) is -1.95. The molecule has 1 N–H and O–H groups in total. The number of halogens is 3. The van der Waals surface area contributed by atoms with Gasteiger partial charge in [-0.3, -0.25) is 4.99 Å². The summed E-state index contributed by atoms with van der Waals surface area (Å²) in [6.45, 7) is 2.04. The third kappa shape index (κ3) is 7.75. The first-order chi connectivity index (χ1) is 14.9. The molecule has 1 unspecified atom stereocenters. The Morgan fingerprint density at radius 3 is 2.77 bits per heavy atom. The van der Waals surface area contributed by atoms with Crippen LogP contribution in [0.5, 0.6) is 5.88 Å². The lowest BCUT2D eigenvalue weighted by Crippen LogP contribution is -2.39. The number of guanidine groups is 1. The number of hydrogen-bond acceptors (Lipinski definition) is 4. The normalized spacial score (nSPS) is 17.1. The average Bonchev–Trinajstić information content (AvgIpc) is 3.22. The van der Waals surface area contributed by atoms with Crippen molar-refractivity contribution in [2.24, 2.45) is 10.9 Å². The number of nitrogens with one attached hydrogen (secondary N) is 1. The van der Waals surface area contributed by atoms with E-state index < -0.39 is 12.8 Å². The van der Waals surface area contributed by atoms with E-state index in [2.05, 4.69) is 20.2 Å². The highest BCUT2D eigenvalue weighted by Gasteiger charge is 2.28. The van der Waals surface area contributed by atoms with Crippen molar-refractivity contribution in [3.8, 4) is 5.88 Å². The van der Waals surface area contributed by atoms with Crippen LogP contribution in [0.2, 0.25) is 0 Å². The Morgan fingerprint density at radius 2 is 2.03 bits per heavy atom. The number of benzene rings is 1. The molecule has 1 aliphatic heterocycles. The largest absolute Gasteiger partial charge is 0.468 e. The molecule has 1 atom stereocenters. The van der Waals surface area contributed by atoms with E-state index in [1.54, 1.807) is 13.1 Å². The van der Waals surface area contributed by atoms with Crippen LogP contribution in [0.4, 0.5) is 13.2 Å². The van der Waals surface area contributed by atoms with Gasteiger partial charge in [0.2, 0.25) is 5.88 Å². The molecule has 0 aliphatic carbocycles.